The molecule has 8 rings (SSSR count). The van der Waals surface area contributed by atoms with Crippen LogP contribution in [0.3, 0.4) is 0 Å². The van der Waals surface area contributed by atoms with Crippen molar-refractivity contribution in [1.29, 1.82) is 0 Å². The van der Waals surface area contributed by atoms with Gasteiger partial charge in [-0.1, -0.05) is 150 Å². The summed E-state index contributed by atoms with van der Waals surface area (Å²) in [5.41, 5.74) is 8.72. The first-order valence-electron chi connectivity index (χ1n) is 21.2. The van der Waals surface area contributed by atoms with Crippen LogP contribution in [0.25, 0.3) is 71.0 Å². The van der Waals surface area contributed by atoms with Crippen LogP contribution in [0, 0.1) is 13.5 Å². The van der Waals surface area contributed by atoms with Crippen molar-refractivity contribution < 1.29 is 13.2 Å². The highest BCUT2D eigenvalue weighted by molar-refractivity contribution is 6.13. The number of aromatic nitrogens is 2. The van der Waals surface area contributed by atoms with Crippen LogP contribution in [0.1, 0.15) is 116 Å². The number of alkyl halides is 3. The number of halogens is 3. The van der Waals surface area contributed by atoms with E-state index in [1.54, 1.807) is 13.0 Å². The summed E-state index contributed by atoms with van der Waals surface area (Å²) in [6, 6.07) is 34.1. The summed E-state index contributed by atoms with van der Waals surface area (Å²) < 4.78 is 50.2. The topological polar surface area (TPSA) is 14.2 Å². The molecule has 0 unspecified atom stereocenters. The normalized spacial score (nSPS) is 13.2. The molecular formula is C55H56F3N3. The molecule has 8 aromatic rings. The number of nitrogens with zero attached hydrogens (tertiary/aromatic N) is 3. The van der Waals surface area contributed by atoms with Gasteiger partial charge in [-0.25, -0.2) is 4.85 Å². The molecule has 3 nitrogen and oxygen atoms in total. The highest BCUT2D eigenvalue weighted by Crippen LogP contribution is 2.50. The van der Waals surface area contributed by atoms with Gasteiger partial charge in [0.1, 0.15) is 0 Å². The van der Waals surface area contributed by atoms with Crippen LogP contribution in [-0.4, -0.2) is 9.13 Å². The first kappa shape index (κ1) is 41.9. The fourth-order valence-corrected chi connectivity index (χ4v) is 8.95. The van der Waals surface area contributed by atoms with Crippen LogP contribution < -0.4 is 0 Å². The van der Waals surface area contributed by atoms with Crippen LogP contribution in [0.4, 0.5) is 18.9 Å². The Kier molecular flexibility index (Phi) is 9.52. The molecule has 0 aliphatic rings. The lowest BCUT2D eigenvalue weighted by molar-refractivity contribution is -0.137. The average molecular weight is 816 g/mol. The van der Waals surface area contributed by atoms with Crippen LogP contribution in [0.5, 0.6) is 0 Å². The molecule has 312 valence electrons. The molecule has 6 heteroatoms. The number of hydrogen-bond donors (Lipinski definition) is 0. The van der Waals surface area contributed by atoms with Gasteiger partial charge in [-0.05, 0) is 104 Å². The Morgan fingerprint density at radius 1 is 0.475 bits per heavy atom. The molecule has 2 heterocycles. The fraction of sp³-hybridized carbons (Fsp3) is 0.327. The quantitative estimate of drug-likeness (QED) is 0.158. The summed E-state index contributed by atoms with van der Waals surface area (Å²) in [6.07, 6.45) is -4.64. The van der Waals surface area contributed by atoms with E-state index in [1.165, 1.54) is 6.07 Å². The second-order valence-electron chi connectivity index (χ2n) is 21.0. The average Bonchev–Trinajstić information content (AvgIpc) is 3.66. The number of hydrogen-bond acceptors (Lipinski definition) is 0. The lowest BCUT2D eigenvalue weighted by Crippen LogP contribution is -2.12. The molecule has 6 aromatic carbocycles. The minimum Gasteiger partial charge on any atom is -0.319 e. The van der Waals surface area contributed by atoms with Gasteiger partial charge in [0.15, 0.2) is 0 Å². The molecule has 0 atom stereocenters. The van der Waals surface area contributed by atoms with E-state index in [1.807, 2.05) is 12.1 Å². The third-order valence-electron chi connectivity index (χ3n) is 12.6. The Morgan fingerprint density at radius 2 is 0.852 bits per heavy atom. The molecular weight excluding hydrogens is 760 g/mol. The third kappa shape index (κ3) is 7.00. The van der Waals surface area contributed by atoms with E-state index in [-0.39, 0.29) is 32.9 Å². The van der Waals surface area contributed by atoms with Crippen LogP contribution in [0.2, 0.25) is 0 Å². The summed E-state index contributed by atoms with van der Waals surface area (Å²) in [7, 11) is 0. The zero-order chi connectivity index (χ0) is 44.4. The van der Waals surface area contributed by atoms with Crippen molar-refractivity contribution >= 4 is 49.3 Å². The van der Waals surface area contributed by atoms with Crippen LogP contribution in [0.15, 0.2) is 103 Å². The van der Waals surface area contributed by atoms with E-state index in [0.29, 0.717) is 22.5 Å². The van der Waals surface area contributed by atoms with Gasteiger partial charge in [-0.2, -0.15) is 13.2 Å². The first-order valence-corrected chi connectivity index (χ1v) is 21.2. The maximum Gasteiger partial charge on any atom is 0.417 e. The SMILES string of the molecule is [C-]#[N+]c1c(-n2c3cc(C(C)(C)C)ccc3c3ccc(C(C)(C)C)cc32)ccc(-c2c(C)cccc2C(F)(F)F)c1-n1c2cc(C(C)(C)C)ccc2c2ccc(C(C)(C)C)cc21. The zero-order valence-electron chi connectivity index (χ0n) is 37.8. The lowest BCUT2D eigenvalue weighted by atomic mass is 9.86. The standard InChI is InChI=1S/C55H56F3N3/c1-32-16-15-17-42(55(56,57)58)48(32)41-26-27-43(60-44-28-33(51(2,3)4)18-22-37(44)38-23-19-34(29-45(38)60)52(5,6)7)49(59-14)50(41)61-46-30-35(53(8,9)10)20-24-39(46)40-25-21-36(31-47(40)61)54(11,12)13/h15-31H,1-13H3. The monoisotopic (exact) mass is 815 g/mol. The van der Waals surface area contributed by atoms with Crippen molar-refractivity contribution in [2.75, 3.05) is 0 Å². The molecule has 0 aliphatic heterocycles. The van der Waals surface area contributed by atoms with Crippen molar-refractivity contribution in [3.05, 3.63) is 148 Å². The molecule has 0 bridgehead atoms. The zero-order valence-corrected chi connectivity index (χ0v) is 37.8. The van der Waals surface area contributed by atoms with Crippen LogP contribution in [-0.2, 0) is 27.8 Å². The van der Waals surface area contributed by atoms with Crippen molar-refractivity contribution in [2.24, 2.45) is 0 Å². The summed E-state index contributed by atoms with van der Waals surface area (Å²) in [4.78, 5) is 4.43. The Labute approximate surface area is 358 Å². The molecule has 0 spiro atoms. The second kappa shape index (κ2) is 13.9. The maximum atomic E-state index is 15.3. The molecule has 0 saturated carbocycles. The number of benzene rings is 6. The Bertz CT molecular complexity index is 2970. The summed E-state index contributed by atoms with van der Waals surface area (Å²) >= 11 is 0. The van der Waals surface area contributed by atoms with E-state index >= 15 is 13.2 Å². The fourth-order valence-electron chi connectivity index (χ4n) is 8.95. The number of fused-ring (bicyclic) bond motifs is 6. The van der Waals surface area contributed by atoms with Gasteiger partial charge in [0, 0.05) is 21.5 Å². The largest absolute Gasteiger partial charge is 0.417 e. The van der Waals surface area contributed by atoms with E-state index in [0.717, 1.165) is 71.9 Å². The lowest BCUT2D eigenvalue weighted by Gasteiger charge is -2.25. The summed E-state index contributed by atoms with van der Waals surface area (Å²) in [6.45, 7) is 37.1. The Morgan fingerprint density at radius 3 is 1.20 bits per heavy atom. The van der Waals surface area contributed by atoms with E-state index in [9.17, 15) is 6.57 Å². The first-order chi connectivity index (χ1) is 28.3. The van der Waals surface area contributed by atoms with Gasteiger partial charge in [0.05, 0.1) is 45.6 Å². The smallest absolute Gasteiger partial charge is 0.319 e. The molecule has 0 saturated heterocycles. The van der Waals surface area contributed by atoms with Gasteiger partial charge in [0.2, 0.25) is 5.69 Å². The molecule has 0 aliphatic carbocycles. The van der Waals surface area contributed by atoms with Gasteiger partial charge >= 0.3 is 6.18 Å². The molecule has 61 heavy (non-hydrogen) atoms. The predicted octanol–water partition coefficient (Wildman–Crippen LogP) is 16.6. The Hall–Kier alpha value is -5.80. The van der Waals surface area contributed by atoms with Crippen molar-refractivity contribution in [2.45, 2.75) is 118 Å². The summed E-state index contributed by atoms with van der Waals surface area (Å²) in [5, 5.41) is 4.03. The van der Waals surface area contributed by atoms with Crippen molar-refractivity contribution in [3.63, 3.8) is 0 Å². The van der Waals surface area contributed by atoms with Gasteiger partial charge in [-0.15, -0.1) is 0 Å². The van der Waals surface area contributed by atoms with Crippen LogP contribution >= 0.6 is 0 Å². The maximum absolute atomic E-state index is 15.3. The van der Waals surface area contributed by atoms with Crippen molar-refractivity contribution in [3.8, 4) is 22.5 Å². The minimum absolute atomic E-state index is 0.0719. The van der Waals surface area contributed by atoms with E-state index in [2.05, 4.69) is 170 Å². The predicted molar refractivity (Wildman–Crippen MR) is 251 cm³/mol. The highest BCUT2D eigenvalue weighted by atomic mass is 19.4. The molecule has 0 amide bonds. The Balaban J connectivity index is 1.65. The minimum atomic E-state index is -4.64. The molecule has 0 fully saturated rings. The van der Waals surface area contributed by atoms with E-state index in [4.69, 9.17) is 0 Å². The molecule has 2 aromatic heterocycles. The van der Waals surface area contributed by atoms with Crippen molar-refractivity contribution in [1.82, 2.24) is 9.13 Å². The summed E-state index contributed by atoms with van der Waals surface area (Å²) in [5.74, 6) is 0. The van der Waals surface area contributed by atoms with Gasteiger partial charge in [-0.3, -0.25) is 0 Å². The molecule has 0 radical (unpaired) electrons. The molecule has 0 N–H and O–H groups in total. The van der Waals surface area contributed by atoms with Gasteiger partial charge < -0.3 is 9.13 Å². The van der Waals surface area contributed by atoms with Gasteiger partial charge in [0.25, 0.3) is 0 Å². The third-order valence-corrected chi connectivity index (χ3v) is 12.6. The highest BCUT2D eigenvalue weighted by Gasteiger charge is 2.36. The second-order valence-corrected chi connectivity index (χ2v) is 21.0. The number of rotatable bonds is 3. The number of aryl methyl sites for hydroxylation is 1. The van der Waals surface area contributed by atoms with E-state index < -0.39 is 11.7 Å².